The van der Waals surface area contributed by atoms with E-state index in [1.54, 1.807) is 0 Å². The smallest absolute Gasteiger partial charge is 0.0397 e. The van der Waals surface area contributed by atoms with Gasteiger partial charge in [-0.3, -0.25) is 0 Å². The monoisotopic (exact) mass is 268 g/mol. The summed E-state index contributed by atoms with van der Waals surface area (Å²) in [6.07, 6.45) is 1.07. The normalized spacial score (nSPS) is 26.0. The summed E-state index contributed by atoms with van der Waals surface area (Å²) < 4.78 is 1.14. The Morgan fingerprint density at radius 3 is 2.73 bits per heavy atom. The fourth-order valence-electron chi connectivity index (χ4n) is 2.16. The Morgan fingerprint density at radius 1 is 1.47 bits per heavy atom. The molecule has 1 fully saturated rings. The minimum atomic E-state index is -0.0283. The minimum absolute atomic E-state index is 0.0283. The van der Waals surface area contributed by atoms with Crippen molar-refractivity contribution in [3.05, 3.63) is 28.2 Å². The summed E-state index contributed by atoms with van der Waals surface area (Å²) in [5, 5.41) is 0. The van der Waals surface area contributed by atoms with E-state index < -0.39 is 0 Å². The molecular weight excluding hydrogens is 252 g/mol. The molecule has 0 radical (unpaired) electrons. The highest BCUT2D eigenvalue weighted by atomic mass is 79.9. The first-order valence-electron chi connectivity index (χ1n) is 5.28. The summed E-state index contributed by atoms with van der Waals surface area (Å²) in [6, 6.07) is 6.41. The van der Waals surface area contributed by atoms with E-state index in [4.69, 9.17) is 5.73 Å². The van der Waals surface area contributed by atoms with Gasteiger partial charge in [-0.2, -0.15) is 0 Å². The highest BCUT2D eigenvalue weighted by Gasteiger charge is 2.30. The Bertz CT molecular complexity index is 374. The van der Waals surface area contributed by atoms with Gasteiger partial charge in [0.05, 0.1) is 0 Å². The number of aryl methyl sites for hydroxylation is 1. The first-order chi connectivity index (χ1) is 6.98. The summed E-state index contributed by atoms with van der Waals surface area (Å²) in [4.78, 5) is 2.38. The van der Waals surface area contributed by atoms with Crippen molar-refractivity contribution in [1.29, 1.82) is 0 Å². The summed E-state index contributed by atoms with van der Waals surface area (Å²) in [7, 11) is 0. The fourth-order valence-corrected chi connectivity index (χ4v) is 2.64. The van der Waals surface area contributed by atoms with Crippen LogP contribution in [0.2, 0.25) is 0 Å². The van der Waals surface area contributed by atoms with E-state index in [9.17, 15) is 0 Å². The summed E-state index contributed by atoms with van der Waals surface area (Å²) >= 11 is 3.48. The van der Waals surface area contributed by atoms with Gasteiger partial charge in [0.25, 0.3) is 0 Å². The van der Waals surface area contributed by atoms with E-state index in [-0.39, 0.29) is 5.54 Å². The van der Waals surface area contributed by atoms with E-state index in [0.717, 1.165) is 24.0 Å². The highest BCUT2D eigenvalue weighted by Crippen LogP contribution is 2.29. The van der Waals surface area contributed by atoms with Gasteiger partial charge in [0.2, 0.25) is 0 Å². The second kappa shape index (κ2) is 3.80. The lowest BCUT2D eigenvalue weighted by Crippen LogP contribution is -2.39. The van der Waals surface area contributed by atoms with Crippen molar-refractivity contribution in [3.8, 4) is 0 Å². The van der Waals surface area contributed by atoms with Crippen LogP contribution in [0, 0.1) is 6.92 Å². The summed E-state index contributed by atoms with van der Waals surface area (Å²) in [5.41, 5.74) is 8.73. The largest absolute Gasteiger partial charge is 0.369 e. The Hall–Kier alpha value is -0.540. The molecule has 0 bridgehead atoms. The number of rotatable bonds is 1. The zero-order valence-electron chi connectivity index (χ0n) is 9.26. The zero-order valence-corrected chi connectivity index (χ0v) is 10.8. The van der Waals surface area contributed by atoms with Gasteiger partial charge in [-0.05, 0) is 44.0 Å². The van der Waals surface area contributed by atoms with E-state index in [1.807, 2.05) is 0 Å². The maximum atomic E-state index is 6.13. The van der Waals surface area contributed by atoms with Crippen molar-refractivity contribution >= 4 is 21.6 Å². The number of benzene rings is 1. The molecule has 1 heterocycles. The van der Waals surface area contributed by atoms with Crippen LogP contribution in [-0.4, -0.2) is 18.6 Å². The summed E-state index contributed by atoms with van der Waals surface area (Å²) in [6.45, 7) is 6.29. The first kappa shape index (κ1) is 11.0. The molecular formula is C12H17BrN2. The molecule has 1 atom stereocenters. The number of nitrogens with zero attached hydrogens (tertiary/aromatic N) is 1. The maximum absolute atomic E-state index is 6.13. The molecule has 0 saturated carbocycles. The molecule has 1 aliphatic rings. The van der Waals surface area contributed by atoms with E-state index in [0.29, 0.717) is 0 Å². The number of halogens is 1. The Morgan fingerprint density at radius 2 is 2.20 bits per heavy atom. The molecule has 0 aromatic heterocycles. The zero-order chi connectivity index (χ0) is 11.1. The topological polar surface area (TPSA) is 29.3 Å². The average molecular weight is 269 g/mol. The second-order valence-electron chi connectivity index (χ2n) is 4.76. The maximum Gasteiger partial charge on any atom is 0.0397 e. The third-order valence-corrected chi connectivity index (χ3v) is 3.50. The van der Waals surface area contributed by atoms with E-state index >= 15 is 0 Å². The molecule has 2 nitrogen and oxygen atoms in total. The fraction of sp³-hybridized carbons (Fsp3) is 0.500. The summed E-state index contributed by atoms with van der Waals surface area (Å²) in [5.74, 6) is 0. The van der Waals surface area contributed by atoms with Crippen LogP contribution >= 0.6 is 15.9 Å². The van der Waals surface area contributed by atoms with Gasteiger partial charge < -0.3 is 10.6 Å². The van der Waals surface area contributed by atoms with Crippen LogP contribution in [0.15, 0.2) is 22.7 Å². The van der Waals surface area contributed by atoms with Crippen molar-refractivity contribution < 1.29 is 0 Å². The molecule has 0 aliphatic carbocycles. The van der Waals surface area contributed by atoms with Crippen LogP contribution < -0.4 is 10.6 Å². The SMILES string of the molecule is Cc1cc(Br)ccc1N1CCC(C)(N)C1. The van der Waals surface area contributed by atoms with Gasteiger partial charge in [0, 0.05) is 28.8 Å². The lowest BCUT2D eigenvalue weighted by molar-refractivity contribution is 0.525. The first-order valence-corrected chi connectivity index (χ1v) is 6.07. The third kappa shape index (κ3) is 2.34. The molecule has 0 amide bonds. The van der Waals surface area contributed by atoms with Gasteiger partial charge >= 0.3 is 0 Å². The molecule has 2 rings (SSSR count). The Balaban J connectivity index is 2.24. The molecule has 1 aromatic carbocycles. The lowest BCUT2D eigenvalue weighted by atomic mass is 10.0. The van der Waals surface area contributed by atoms with Gasteiger partial charge in [-0.1, -0.05) is 15.9 Å². The third-order valence-electron chi connectivity index (χ3n) is 3.00. The molecule has 1 aromatic rings. The van der Waals surface area contributed by atoms with E-state index in [1.165, 1.54) is 11.3 Å². The van der Waals surface area contributed by atoms with Crippen LogP contribution in [0.25, 0.3) is 0 Å². The molecule has 1 unspecified atom stereocenters. The molecule has 1 saturated heterocycles. The van der Waals surface area contributed by atoms with Crippen molar-refractivity contribution in [2.75, 3.05) is 18.0 Å². The molecule has 15 heavy (non-hydrogen) atoms. The Kier molecular flexibility index (Phi) is 2.77. The van der Waals surface area contributed by atoms with Crippen molar-refractivity contribution in [3.63, 3.8) is 0 Å². The second-order valence-corrected chi connectivity index (χ2v) is 5.67. The van der Waals surface area contributed by atoms with Crippen molar-refractivity contribution in [1.82, 2.24) is 0 Å². The predicted octanol–water partition coefficient (Wildman–Crippen LogP) is 2.69. The quantitative estimate of drug-likeness (QED) is 0.849. The number of nitrogens with two attached hydrogens (primary N) is 1. The van der Waals surface area contributed by atoms with Gasteiger partial charge in [0.1, 0.15) is 0 Å². The molecule has 2 N–H and O–H groups in total. The Labute approximate surface area is 99.6 Å². The number of anilines is 1. The standard InChI is InChI=1S/C12H17BrN2/c1-9-7-10(13)3-4-11(9)15-6-5-12(2,14)8-15/h3-4,7H,5-6,8,14H2,1-2H3. The van der Waals surface area contributed by atoms with E-state index in [2.05, 4.69) is 52.9 Å². The molecule has 1 aliphatic heterocycles. The van der Waals surface area contributed by atoms with Crippen LogP contribution in [0.3, 0.4) is 0 Å². The highest BCUT2D eigenvalue weighted by molar-refractivity contribution is 9.10. The average Bonchev–Trinajstić information content (AvgIpc) is 2.46. The van der Waals surface area contributed by atoms with Crippen LogP contribution in [0.4, 0.5) is 5.69 Å². The van der Waals surface area contributed by atoms with Gasteiger partial charge in [0.15, 0.2) is 0 Å². The van der Waals surface area contributed by atoms with Gasteiger partial charge in [-0.15, -0.1) is 0 Å². The van der Waals surface area contributed by atoms with Crippen LogP contribution in [-0.2, 0) is 0 Å². The lowest BCUT2D eigenvalue weighted by Gasteiger charge is -2.23. The molecule has 0 spiro atoms. The van der Waals surface area contributed by atoms with Gasteiger partial charge in [-0.25, -0.2) is 0 Å². The molecule has 82 valence electrons. The minimum Gasteiger partial charge on any atom is -0.369 e. The van der Waals surface area contributed by atoms with Crippen molar-refractivity contribution in [2.45, 2.75) is 25.8 Å². The molecule has 3 heteroatoms. The predicted molar refractivity (Wildman–Crippen MR) is 68.3 cm³/mol. The van der Waals surface area contributed by atoms with Crippen LogP contribution in [0.5, 0.6) is 0 Å². The number of hydrogen-bond acceptors (Lipinski definition) is 2. The number of hydrogen-bond donors (Lipinski definition) is 1. The van der Waals surface area contributed by atoms with Crippen LogP contribution in [0.1, 0.15) is 18.9 Å². The van der Waals surface area contributed by atoms with Crippen molar-refractivity contribution in [2.24, 2.45) is 5.73 Å².